The summed E-state index contributed by atoms with van der Waals surface area (Å²) in [6, 6.07) is 5.97. The first-order valence-electron chi connectivity index (χ1n) is 11.5. The number of aliphatic carboxylic acids is 1. The van der Waals surface area contributed by atoms with Gasteiger partial charge in [0, 0.05) is 24.2 Å². The molecule has 1 aliphatic rings. The summed E-state index contributed by atoms with van der Waals surface area (Å²) in [5, 5.41) is 21.0. The molecule has 3 N–H and O–H groups in total. The summed E-state index contributed by atoms with van der Waals surface area (Å²) < 4.78 is 34.7. The molecule has 1 aliphatic heterocycles. The van der Waals surface area contributed by atoms with Crippen molar-refractivity contribution in [1.82, 2.24) is 4.90 Å². The highest BCUT2D eigenvalue weighted by Gasteiger charge is 2.36. The fourth-order valence-electron chi connectivity index (χ4n) is 4.38. The summed E-state index contributed by atoms with van der Waals surface area (Å²) in [5.41, 5.74) is 0.284. The van der Waals surface area contributed by atoms with Crippen LogP contribution in [0.4, 0.5) is 14.5 Å². The predicted molar refractivity (Wildman–Crippen MR) is 128 cm³/mol. The zero-order chi connectivity index (χ0) is 26.8. The number of benzene rings is 2. The molecule has 0 spiro atoms. The Morgan fingerprint density at radius 3 is 2.36 bits per heavy atom. The molecule has 0 radical (unpaired) electrons. The average Bonchev–Trinajstić information content (AvgIpc) is 2.79. The van der Waals surface area contributed by atoms with Crippen molar-refractivity contribution in [1.29, 1.82) is 0 Å². The van der Waals surface area contributed by atoms with Crippen molar-refractivity contribution in [2.45, 2.75) is 57.6 Å². The molecule has 0 fully saturated rings. The maximum Gasteiger partial charge on any atom is 0.332 e. The average molecular weight is 505 g/mol. The summed E-state index contributed by atoms with van der Waals surface area (Å²) in [6.07, 6.45) is -1.92. The number of ether oxygens (including phenoxy) is 1. The lowest BCUT2D eigenvalue weighted by Crippen LogP contribution is -2.45. The van der Waals surface area contributed by atoms with Crippen molar-refractivity contribution in [2.75, 3.05) is 19.0 Å². The molecule has 2 amide bonds. The number of aliphatic hydroxyl groups is 1. The van der Waals surface area contributed by atoms with Gasteiger partial charge in [0.15, 0.2) is 6.10 Å². The first-order chi connectivity index (χ1) is 16.8. The SMILES string of the molecule is COc1ccc2c(c1)CCN(C(=O)CCC(O)C(=O)O)[C@H]2C(=O)Nc1cc(F)c(C(C)(C)C)c(F)c1. The number of carbonyl (C=O) groups excluding carboxylic acids is 2. The van der Waals surface area contributed by atoms with Gasteiger partial charge in [0.25, 0.3) is 5.91 Å². The van der Waals surface area contributed by atoms with Crippen molar-refractivity contribution >= 4 is 23.5 Å². The first-order valence-corrected chi connectivity index (χ1v) is 11.5. The van der Waals surface area contributed by atoms with E-state index >= 15 is 0 Å². The molecule has 0 saturated carbocycles. The van der Waals surface area contributed by atoms with E-state index in [0.29, 0.717) is 17.7 Å². The highest BCUT2D eigenvalue weighted by molar-refractivity contribution is 5.98. The van der Waals surface area contributed by atoms with Gasteiger partial charge in [-0.2, -0.15) is 0 Å². The summed E-state index contributed by atoms with van der Waals surface area (Å²) in [7, 11) is 1.50. The molecule has 8 nitrogen and oxygen atoms in total. The molecule has 1 heterocycles. The Bertz CT molecular complexity index is 1150. The second-order valence-corrected chi connectivity index (χ2v) is 9.75. The van der Waals surface area contributed by atoms with E-state index in [1.807, 2.05) is 0 Å². The van der Waals surface area contributed by atoms with Crippen molar-refractivity contribution in [3.63, 3.8) is 0 Å². The van der Waals surface area contributed by atoms with E-state index in [-0.39, 0.29) is 30.6 Å². The third-order valence-electron chi connectivity index (χ3n) is 6.12. The van der Waals surface area contributed by atoms with Crippen molar-refractivity contribution < 1.29 is 38.1 Å². The Labute approximate surface area is 207 Å². The minimum Gasteiger partial charge on any atom is -0.497 e. The van der Waals surface area contributed by atoms with Crippen LogP contribution in [-0.2, 0) is 26.2 Å². The molecule has 0 aromatic heterocycles. The third kappa shape index (κ3) is 5.81. The Morgan fingerprint density at radius 2 is 1.81 bits per heavy atom. The van der Waals surface area contributed by atoms with Gasteiger partial charge in [0.05, 0.1) is 7.11 Å². The molecule has 2 aromatic carbocycles. The molecule has 2 atom stereocenters. The van der Waals surface area contributed by atoms with Gasteiger partial charge in [-0.15, -0.1) is 0 Å². The molecule has 36 heavy (non-hydrogen) atoms. The van der Waals surface area contributed by atoms with Crippen LogP contribution in [0.5, 0.6) is 5.75 Å². The maximum absolute atomic E-state index is 14.7. The monoisotopic (exact) mass is 504 g/mol. The van der Waals surface area contributed by atoms with Crippen LogP contribution in [0.1, 0.15) is 56.3 Å². The summed E-state index contributed by atoms with van der Waals surface area (Å²) in [4.78, 5) is 38.6. The number of carboxylic acid groups (broad SMARTS) is 1. The van der Waals surface area contributed by atoms with E-state index in [1.165, 1.54) is 12.0 Å². The van der Waals surface area contributed by atoms with Crippen molar-refractivity contribution in [3.8, 4) is 5.75 Å². The number of anilines is 1. The molecule has 0 bridgehead atoms. The van der Waals surface area contributed by atoms with Crippen LogP contribution in [0.15, 0.2) is 30.3 Å². The number of hydrogen-bond acceptors (Lipinski definition) is 5. The number of nitrogens with zero attached hydrogens (tertiary/aromatic N) is 1. The first kappa shape index (κ1) is 27.1. The van der Waals surface area contributed by atoms with Crippen LogP contribution in [0.3, 0.4) is 0 Å². The van der Waals surface area contributed by atoms with Crippen molar-refractivity contribution in [2.24, 2.45) is 0 Å². The summed E-state index contributed by atoms with van der Waals surface area (Å²) in [6.45, 7) is 5.16. The Morgan fingerprint density at radius 1 is 1.17 bits per heavy atom. The number of fused-ring (bicyclic) bond motifs is 1. The fourth-order valence-corrected chi connectivity index (χ4v) is 4.38. The van der Waals surface area contributed by atoms with E-state index in [0.717, 1.165) is 17.7 Å². The van der Waals surface area contributed by atoms with Gasteiger partial charge in [-0.25, -0.2) is 13.6 Å². The highest BCUT2D eigenvalue weighted by atomic mass is 19.1. The minimum atomic E-state index is -1.71. The fraction of sp³-hybridized carbons (Fsp3) is 0.423. The van der Waals surface area contributed by atoms with Gasteiger partial charge in [-0.05, 0) is 53.6 Å². The number of carboxylic acids is 1. The van der Waals surface area contributed by atoms with E-state index in [4.69, 9.17) is 9.84 Å². The maximum atomic E-state index is 14.7. The van der Waals surface area contributed by atoms with Crippen LogP contribution in [0.25, 0.3) is 0 Å². The second kappa shape index (κ2) is 10.6. The zero-order valence-electron chi connectivity index (χ0n) is 20.6. The van der Waals surface area contributed by atoms with E-state index in [1.54, 1.807) is 39.0 Å². The zero-order valence-corrected chi connectivity index (χ0v) is 20.6. The Hall–Kier alpha value is -3.53. The topological polar surface area (TPSA) is 116 Å². The van der Waals surface area contributed by atoms with Crippen LogP contribution >= 0.6 is 0 Å². The van der Waals surface area contributed by atoms with Gasteiger partial charge < -0.3 is 25.2 Å². The quantitative estimate of drug-likeness (QED) is 0.531. The molecule has 1 unspecified atom stereocenters. The molecule has 194 valence electrons. The van der Waals surface area contributed by atoms with Gasteiger partial charge in [-0.1, -0.05) is 26.8 Å². The van der Waals surface area contributed by atoms with Crippen LogP contribution < -0.4 is 10.1 Å². The van der Waals surface area contributed by atoms with Crippen LogP contribution in [0, 0.1) is 11.6 Å². The predicted octanol–water partition coefficient (Wildman–Crippen LogP) is 3.56. The van der Waals surface area contributed by atoms with Crippen molar-refractivity contribution in [3.05, 3.63) is 58.7 Å². The number of amides is 2. The smallest absolute Gasteiger partial charge is 0.332 e. The largest absolute Gasteiger partial charge is 0.497 e. The molecular formula is C26H30F2N2O6. The Kier molecular flexibility index (Phi) is 7.98. The van der Waals surface area contributed by atoms with E-state index < -0.39 is 47.0 Å². The third-order valence-corrected chi connectivity index (χ3v) is 6.12. The molecular weight excluding hydrogens is 474 g/mol. The van der Waals surface area contributed by atoms with E-state index in [9.17, 15) is 28.3 Å². The lowest BCUT2D eigenvalue weighted by atomic mass is 9.86. The normalized spacial score (nSPS) is 16.2. The Balaban J connectivity index is 1.94. The lowest BCUT2D eigenvalue weighted by molar-refractivity contribution is -0.148. The van der Waals surface area contributed by atoms with Gasteiger partial charge in [0.2, 0.25) is 5.91 Å². The minimum absolute atomic E-state index is 0.0997. The van der Waals surface area contributed by atoms with E-state index in [2.05, 4.69) is 5.32 Å². The number of methoxy groups -OCH3 is 1. The number of carbonyl (C=O) groups is 3. The van der Waals surface area contributed by atoms with Gasteiger partial charge in [-0.3, -0.25) is 9.59 Å². The van der Waals surface area contributed by atoms with Crippen LogP contribution in [0.2, 0.25) is 0 Å². The van der Waals surface area contributed by atoms with Gasteiger partial charge in [0.1, 0.15) is 23.4 Å². The molecule has 3 rings (SSSR count). The highest BCUT2D eigenvalue weighted by Crippen LogP contribution is 2.35. The number of nitrogens with one attached hydrogen (secondary N) is 1. The lowest BCUT2D eigenvalue weighted by Gasteiger charge is -2.36. The molecule has 2 aromatic rings. The molecule has 0 aliphatic carbocycles. The van der Waals surface area contributed by atoms with Crippen LogP contribution in [-0.4, -0.2) is 52.7 Å². The van der Waals surface area contributed by atoms with Gasteiger partial charge >= 0.3 is 5.97 Å². The number of hydrogen-bond donors (Lipinski definition) is 3. The number of aliphatic hydroxyl groups excluding tert-OH is 1. The summed E-state index contributed by atoms with van der Waals surface area (Å²) in [5.74, 6) is -3.70. The number of rotatable bonds is 7. The second-order valence-electron chi connectivity index (χ2n) is 9.75. The standard InChI is InChI=1S/C26H30F2N2O6/c1-26(2,3)22-18(27)12-15(13-19(22)28)29-24(33)23-17-6-5-16(36-4)11-14(17)9-10-30(23)21(32)8-7-20(31)25(34)35/h5-6,11-13,20,23,31H,7-10H2,1-4H3,(H,29,33)(H,34,35)/t20?,23-/m1/s1. The molecule has 0 saturated heterocycles. The number of halogens is 2. The summed E-state index contributed by atoms with van der Waals surface area (Å²) >= 11 is 0. The molecule has 10 heteroatoms.